The Balaban J connectivity index is 0.00000109. The van der Waals surface area contributed by atoms with Crippen LogP contribution in [0.3, 0.4) is 0 Å². The number of terminal acetylenes is 1. The largest absolute Gasteiger partial charge is 0.443 e. The Labute approximate surface area is 152 Å². The van der Waals surface area contributed by atoms with Gasteiger partial charge in [0.05, 0.1) is 16.2 Å². The van der Waals surface area contributed by atoms with Crippen LogP contribution in [0.4, 0.5) is 4.79 Å². The maximum Gasteiger partial charge on any atom is 0.419 e. The number of hydrogen-bond donors (Lipinski definition) is 0. The van der Waals surface area contributed by atoms with Crippen LogP contribution in [0.1, 0.15) is 20.8 Å². The molecule has 0 saturated carbocycles. The average Bonchev–Trinajstić information content (AvgIpc) is 2.95. The maximum absolute atomic E-state index is 12.7. The number of para-hydroxylation sites is 1. The molecular formula is C20H19ClN2O2. The first kappa shape index (κ1) is 18.6. The third kappa shape index (κ3) is 4.20. The van der Waals surface area contributed by atoms with Crippen molar-refractivity contribution < 1.29 is 9.53 Å². The fourth-order valence-electron chi connectivity index (χ4n) is 2.42. The van der Waals surface area contributed by atoms with E-state index in [0.29, 0.717) is 10.7 Å². The summed E-state index contributed by atoms with van der Waals surface area (Å²) in [6.45, 7) is 5.53. The summed E-state index contributed by atoms with van der Waals surface area (Å²) in [6.07, 6.45) is 10.8. The summed E-state index contributed by atoms with van der Waals surface area (Å²) in [5.41, 5.74) is 1.68. The summed E-state index contributed by atoms with van der Waals surface area (Å²) < 4.78 is 7.12. The molecule has 3 rings (SSSR count). The molecule has 3 aromatic rings. The summed E-state index contributed by atoms with van der Waals surface area (Å²) in [5, 5.41) is 1.47. The monoisotopic (exact) mass is 354 g/mol. The van der Waals surface area contributed by atoms with Crippen LogP contribution < -0.4 is 0 Å². The van der Waals surface area contributed by atoms with E-state index >= 15 is 0 Å². The highest BCUT2D eigenvalue weighted by molar-refractivity contribution is 6.30. The lowest BCUT2D eigenvalue weighted by Crippen LogP contribution is -2.27. The first-order valence-electron chi connectivity index (χ1n) is 7.63. The highest BCUT2D eigenvalue weighted by Crippen LogP contribution is 2.30. The minimum absolute atomic E-state index is 0.423. The van der Waals surface area contributed by atoms with Crippen molar-refractivity contribution in [3.05, 3.63) is 53.8 Å². The fraction of sp³-hybridized carbons (Fsp3) is 0.200. The van der Waals surface area contributed by atoms with Gasteiger partial charge in [0.15, 0.2) is 0 Å². The van der Waals surface area contributed by atoms with Crippen molar-refractivity contribution in [3.8, 4) is 24.1 Å². The molecular weight excluding hydrogens is 336 g/mol. The average molecular weight is 355 g/mol. The second-order valence-corrected chi connectivity index (χ2v) is 6.73. The van der Waals surface area contributed by atoms with Crippen LogP contribution in [0.25, 0.3) is 22.2 Å². The number of benzene rings is 1. The van der Waals surface area contributed by atoms with Crippen LogP contribution in [0.15, 0.2) is 48.8 Å². The quantitative estimate of drug-likeness (QED) is 0.550. The summed E-state index contributed by atoms with van der Waals surface area (Å²) in [5.74, 6) is 0. The molecule has 25 heavy (non-hydrogen) atoms. The number of carbonyl (C=O) groups is 1. The first-order valence-corrected chi connectivity index (χ1v) is 8.01. The van der Waals surface area contributed by atoms with Crippen molar-refractivity contribution in [2.75, 3.05) is 0 Å². The Kier molecular flexibility index (Phi) is 5.51. The summed E-state index contributed by atoms with van der Waals surface area (Å²) in [7, 11) is 0. The number of rotatable bonds is 1. The zero-order valence-corrected chi connectivity index (χ0v) is 15.1. The number of pyridine rings is 1. The Morgan fingerprint density at radius 1 is 1.16 bits per heavy atom. The predicted molar refractivity (Wildman–Crippen MR) is 102 cm³/mol. The molecule has 0 N–H and O–H groups in total. The Bertz CT molecular complexity index is 920. The third-order valence-electron chi connectivity index (χ3n) is 3.29. The molecule has 0 unspecified atom stereocenters. The molecule has 5 heteroatoms. The van der Waals surface area contributed by atoms with Crippen LogP contribution in [-0.4, -0.2) is 21.2 Å². The number of aromatic nitrogens is 2. The van der Waals surface area contributed by atoms with Crippen molar-refractivity contribution in [1.82, 2.24) is 9.55 Å². The number of hydrogen-bond acceptors (Lipinski definition) is 3. The van der Waals surface area contributed by atoms with E-state index in [9.17, 15) is 4.79 Å². The van der Waals surface area contributed by atoms with Gasteiger partial charge in [0, 0.05) is 23.3 Å². The number of ether oxygens (including phenoxy) is 1. The van der Waals surface area contributed by atoms with E-state index in [1.807, 2.05) is 51.1 Å². The number of carbonyl (C=O) groups excluding carboxylic acids is 1. The zero-order chi connectivity index (χ0) is 18.6. The molecule has 0 amide bonds. The predicted octanol–water partition coefficient (Wildman–Crippen LogP) is 5.39. The van der Waals surface area contributed by atoms with Crippen molar-refractivity contribution in [1.29, 1.82) is 0 Å². The SMILES string of the molecule is C#C.CC(C)(C)OC(=O)n1c(-c2cncc(Cl)c2)cc2ccccc21. The van der Waals surface area contributed by atoms with Crippen LogP contribution in [-0.2, 0) is 4.74 Å². The molecule has 0 aliphatic heterocycles. The van der Waals surface area contributed by atoms with Gasteiger partial charge in [0.25, 0.3) is 0 Å². The molecule has 0 fully saturated rings. The van der Waals surface area contributed by atoms with Gasteiger partial charge >= 0.3 is 6.09 Å². The van der Waals surface area contributed by atoms with E-state index in [4.69, 9.17) is 16.3 Å². The first-order chi connectivity index (χ1) is 11.8. The highest BCUT2D eigenvalue weighted by atomic mass is 35.5. The Morgan fingerprint density at radius 3 is 2.48 bits per heavy atom. The molecule has 0 aliphatic carbocycles. The van der Waals surface area contributed by atoms with Crippen molar-refractivity contribution in [2.24, 2.45) is 0 Å². The lowest BCUT2D eigenvalue weighted by molar-refractivity contribution is 0.0547. The molecule has 0 radical (unpaired) electrons. The zero-order valence-electron chi connectivity index (χ0n) is 14.4. The van der Waals surface area contributed by atoms with Crippen LogP contribution in [0.5, 0.6) is 0 Å². The number of fused-ring (bicyclic) bond motifs is 1. The molecule has 0 aliphatic rings. The molecule has 1 aromatic carbocycles. The van der Waals surface area contributed by atoms with E-state index in [1.165, 1.54) is 0 Å². The van der Waals surface area contributed by atoms with Gasteiger partial charge in [0.1, 0.15) is 5.60 Å². The smallest absolute Gasteiger partial charge is 0.419 e. The van der Waals surface area contributed by atoms with Crippen molar-refractivity contribution in [3.63, 3.8) is 0 Å². The summed E-state index contributed by atoms with van der Waals surface area (Å²) in [6, 6.07) is 11.4. The standard InChI is InChI=1S/C18H17ClN2O2.C2H2/c1-18(2,3)23-17(22)21-15-7-5-4-6-12(15)9-16(21)13-8-14(19)11-20-10-13;1-2/h4-11H,1-3H3;1-2H. The Morgan fingerprint density at radius 2 is 1.84 bits per heavy atom. The minimum atomic E-state index is -0.577. The molecule has 128 valence electrons. The Hall–Kier alpha value is -2.77. The van der Waals surface area contributed by atoms with Crippen LogP contribution >= 0.6 is 11.6 Å². The molecule has 0 bridgehead atoms. The summed E-state index contributed by atoms with van der Waals surface area (Å²) in [4.78, 5) is 16.8. The second-order valence-electron chi connectivity index (χ2n) is 6.30. The molecule has 2 aromatic heterocycles. The topological polar surface area (TPSA) is 44.1 Å². The maximum atomic E-state index is 12.7. The molecule has 0 spiro atoms. The van der Waals surface area contributed by atoms with E-state index in [2.05, 4.69) is 17.8 Å². The highest BCUT2D eigenvalue weighted by Gasteiger charge is 2.22. The van der Waals surface area contributed by atoms with E-state index in [1.54, 1.807) is 23.0 Å². The third-order valence-corrected chi connectivity index (χ3v) is 3.49. The van der Waals surface area contributed by atoms with Gasteiger partial charge < -0.3 is 4.74 Å². The van der Waals surface area contributed by atoms with Gasteiger partial charge in [-0.25, -0.2) is 9.36 Å². The van der Waals surface area contributed by atoms with Crippen molar-refractivity contribution >= 4 is 28.6 Å². The van der Waals surface area contributed by atoms with E-state index in [0.717, 1.165) is 16.5 Å². The van der Waals surface area contributed by atoms with E-state index < -0.39 is 11.7 Å². The van der Waals surface area contributed by atoms with Gasteiger partial charge in [0.2, 0.25) is 0 Å². The second kappa shape index (κ2) is 7.42. The van der Waals surface area contributed by atoms with Crippen LogP contribution in [0, 0.1) is 12.8 Å². The normalized spacial score (nSPS) is 10.8. The van der Waals surface area contributed by atoms with Gasteiger partial charge in [-0.2, -0.15) is 0 Å². The lowest BCUT2D eigenvalue weighted by atomic mass is 10.2. The number of nitrogens with zero attached hydrogens (tertiary/aromatic N) is 2. The minimum Gasteiger partial charge on any atom is -0.443 e. The summed E-state index contributed by atoms with van der Waals surface area (Å²) >= 11 is 6.04. The van der Waals surface area contributed by atoms with E-state index in [-0.39, 0.29) is 0 Å². The molecule has 0 atom stereocenters. The van der Waals surface area contributed by atoms with Gasteiger partial charge in [-0.1, -0.05) is 29.8 Å². The van der Waals surface area contributed by atoms with Gasteiger partial charge in [-0.15, -0.1) is 12.8 Å². The van der Waals surface area contributed by atoms with Gasteiger partial charge in [-0.05, 0) is 39.0 Å². The molecule has 2 heterocycles. The molecule has 0 saturated heterocycles. The molecule has 4 nitrogen and oxygen atoms in total. The number of halogens is 1. The fourth-order valence-corrected chi connectivity index (χ4v) is 2.60. The lowest BCUT2D eigenvalue weighted by Gasteiger charge is -2.21. The van der Waals surface area contributed by atoms with Crippen molar-refractivity contribution in [2.45, 2.75) is 26.4 Å². The van der Waals surface area contributed by atoms with Gasteiger partial charge in [-0.3, -0.25) is 4.98 Å². The van der Waals surface area contributed by atoms with Crippen LogP contribution in [0.2, 0.25) is 5.02 Å².